The molecule has 0 spiro atoms. The van der Waals surface area contributed by atoms with Crippen LogP contribution in [0.25, 0.3) is 5.69 Å². The quantitative estimate of drug-likeness (QED) is 0.300. The van der Waals surface area contributed by atoms with E-state index in [9.17, 15) is 18.0 Å². The number of amides is 1. The molecule has 3 aromatic rings. The first-order valence-corrected chi connectivity index (χ1v) is 10.5. The summed E-state index contributed by atoms with van der Waals surface area (Å²) in [6, 6.07) is 11.5. The van der Waals surface area contributed by atoms with Gasteiger partial charge in [-0.15, -0.1) is 6.58 Å². The van der Waals surface area contributed by atoms with Crippen LogP contribution in [0.3, 0.4) is 0 Å². The standard InChI is InChI=1S/C24H23ClF3N3O/c1-3-4-5-9-22(17-7-6-8-18(14-17)24(26,27)28)30-23(32)21-15-29-31(16(21)2)20-12-10-19(25)11-13-20/h3,6-8,10-15,22H,1,4-5,9H2,2H3,(H,30,32). The van der Waals surface area contributed by atoms with Crippen LogP contribution >= 0.6 is 11.6 Å². The molecule has 1 amide bonds. The fourth-order valence-electron chi connectivity index (χ4n) is 3.43. The van der Waals surface area contributed by atoms with Crippen molar-refractivity contribution >= 4 is 17.5 Å². The van der Waals surface area contributed by atoms with Gasteiger partial charge < -0.3 is 5.32 Å². The molecule has 0 bridgehead atoms. The molecule has 32 heavy (non-hydrogen) atoms. The summed E-state index contributed by atoms with van der Waals surface area (Å²) in [6.45, 7) is 5.44. The monoisotopic (exact) mass is 461 g/mol. The maximum absolute atomic E-state index is 13.2. The van der Waals surface area contributed by atoms with Crippen molar-refractivity contribution in [2.75, 3.05) is 0 Å². The Morgan fingerprint density at radius 3 is 2.62 bits per heavy atom. The first-order valence-electron chi connectivity index (χ1n) is 10.1. The van der Waals surface area contributed by atoms with Crippen LogP contribution in [0.2, 0.25) is 5.02 Å². The molecule has 0 aliphatic rings. The van der Waals surface area contributed by atoms with Crippen LogP contribution in [0.15, 0.2) is 67.4 Å². The van der Waals surface area contributed by atoms with E-state index in [4.69, 9.17) is 11.6 Å². The summed E-state index contributed by atoms with van der Waals surface area (Å²) >= 11 is 5.93. The van der Waals surface area contributed by atoms with Crippen LogP contribution < -0.4 is 5.32 Å². The zero-order chi connectivity index (χ0) is 23.3. The number of unbranched alkanes of at least 4 members (excludes halogenated alkanes) is 1. The molecule has 0 aliphatic heterocycles. The summed E-state index contributed by atoms with van der Waals surface area (Å²) in [5, 5.41) is 7.76. The number of aromatic nitrogens is 2. The Kier molecular flexibility index (Phi) is 7.40. The molecule has 3 rings (SSSR count). The maximum atomic E-state index is 13.2. The molecule has 1 aromatic heterocycles. The van der Waals surface area contributed by atoms with Crippen LogP contribution in [0.1, 0.15) is 52.5 Å². The zero-order valence-electron chi connectivity index (χ0n) is 17.5. The fraction of sp³-hybridized carbons (Fsp3) is 0.250. The van der Waals surface area contributed by atoms with E-state index in [1.807, 2.05) is 0 Å². The summed E-state index contributed by atoms with van der Waals surface area (Å²) in [5.74, 6) is -0.399. The third kappa shape index (κ3) is 5.59. The van der Waals surface area contributed by atoms with E-state index in [-0.39, 0.29) is 0 Å². The van der Waals surface area contributed by atoms with Crippen molar-refractivity contribution in [1.29, 1.82) is 0 Å². The third-order valence-electron chi connectivity index (χ3n) is 5.15. The van der Waals surface area contributed by atoms with Gasteiger partial charge in [0, 0.05) is 5.02 Å². The van der Waals surface area contributed by atoms with Crippen LogP contribution in [-0.2, 0) is 6.18 Å². The first kappa shape index (κ1) is 23.6. The van der Waals surface area contributed by atoms with Gasteiger partial charge in [-0.1, -0.05) is 29.8 Å². The first-order chi connectivity index (χ1) is 15.2. The van der Waals surface area contributed by atoms with Crippen LogP contribution in [0, 0.1) is 6.92 Å². The second kappa shape index (κ2) is 10.0. The van der Waals surface area contributed by atoms with Crippen molar-refractivity contribution in [3.63, 3.8) is 0 Å². The molecular weight excluding hydrogens is 439 g/mol. The van der Waals surface area contributed by atoms with Crippen molar-refractivity contribution in [1.82, 2.24) is 15.1 Å². The Labute approximate surface area is 189 Å². The fourth-order valence-corrected chi connectivity index (χ4v) is 3.56. The van der Waals surface area contributed by atoms with Gasteiger partial charge in [0.1, 0.15) is 0 Å². The van der Waals surface area contributed by atoms with Crippen LogP contribution in [-0.4, -0.2) is 15.7 Å². The van der Waals surface area contributed by atoms with E-state index in [0.29, 0.717) is 41.1 Å². The molecule has 1 heterocycles. The topological polar surface area (TPSA) is 46.9 Å². The lowest BCUT2D eigenvalue weighted by molar-refractivity contribution is -0.137. The van der Waals surface area contributed by atoms with Crippen LogP contribution in [0.5, 0.6) is 0 Å². The molecule has 0 aliphatic carbocycles. The molecule has 0 radical (unpaired) electrons. The lowest BCUT2D eigenvalue weighted by Gasteiger charge is -2.20. The number of hydrogen-bond acceptors (Lipinski definition) is 2. The van der Waals surface area contributed by atoms with Gasteiger partial charge in [0.15, 0.2) is 0 Å². The van der Waals surface area contributed by atoms with Gasteiger partial charge in [-0.25, -0.2) is 4.68 Å². The Hall–Kier alpha value is -3.06. The van der Waals surface area contributed by atoms with Crippen LogP contribution in [0.4, 0.5) is 13.2 Å². The van der Waals surface area contributed by atoms with Crippen molar-refractivity contribution in [2.45, 2.75) is 38.4 Å². The number of benzene rings is 2. The number of nitrogens with one attached hydrogen (secondary N) is 1. The minimum absolute atomic E-state index is 0.348. The van der Waals surface area contributed by atoms with E-state index in [1.165, 1.54) is 12.3 Å². The lowest BCUT2D eigenvalue weighted by Crippen LogP contribution is -2.29. The largest absolute Gasteiger partial charge is 0.416 e. The van der Waals surface area contributed by atoms with E-state index in [0.717, 1.165) is 17.8 Å². The molecule has 168 valence electrons. The average Bonchev–Trinajstić information content (AvgIpc) is 3.14. The van der Waals surface area contributed by atoms with Gasteiger partial charge in [0.2, 0.25) is 0 Å². The van der Waals surface area contributed by atoms with E-state index >= 15 is 0 Å². The summed E-state index contributed by atoms with van der Waals surface area (Å²) < 4.78 is 41.2. The summed E-state index contributed by atoms with van der Waals surface area (Å²) in [7, 11) is 0. The van der Waals surface area contributed by atoms with E-state index in [2.05, 4.69) is 17.0 Å². The zero-order valence-corrected chi connectivity index (χ0v) is 18.2. The number of alkyl halides is 3. The third-order valence-corrected chi connectivity index (χ3v) is 5.40. The van der Waals surface area contributed by atoms with Gasteiger partial charge in [-0.3, -0.25) is 4.79 Å². The van der Waals surface area contributed by atoms with Gasteiger partial charge >= 0.3 is 6.18 Å². The van der Waals surface area contributed by atoms with Crippen molar-refractivity contribution in [2.24, 2.45) is 0 Å². The molecule has 1 unspecified atom stereocenters. The molecule has 0 fully saturated rings. The minimum Gasteiger partial charge on any atom is -0.345 e. The van der Waals surface area contributed by atoms with Gasteiger partial charge in [0.05, 0.1) is 34.7 Å². The summed E-state index contributed by atoms with van der Waals surface area (Å²) in [5.41, 5.74) is 1.36. The second-order valence-electron chi connectivity index (χ2n) is 7.40. The SMILES string of the molecule is C=CCCCC(NC(=O)c1cnn(-c2ccc(Cl)cc2)c1C)c1cccc(C(F)(F)F)c1. The van der Waals surface area contributed by atoms with Crippen molar-refractivity contribution < 1.29 is 18.0 Å². The molecule has 0 saturated carbocycles. The molecule has 8 heteroatoms. The highest BCUT2D eigenvalue weighted by Gasteiger charge is 2.31. The molecule has 1 atom stereocenters. The van der Waals surface area contributed by atoms with E-state index < -0.39 is 23.7 Å². The normalized spacial score (nSPS) is 12.4. The minimum atomic E-state index is -4.46. The van der Waals surface area contributed by atoms with Gasteiger partial charge in [0.25, 0.3) is 5.91 Å². The maximum Gasteiger partial charge on any atom is 0.416 e. The molecule has 0 saturated heterocycles. The summed E-state index contributed by atoms with van der Waals surface area (Å²) in [4.78, 5) is 13.0. The highest BCUT2D eigenvalue weighted by molar-refractivity contribution is 6.30. The highest BCUT2D eigenvalue weighted by Crippen LogP contribution is 2.32. The Balaban J connectivity index is 1.86. The Bertz CT molecular complexity index is 1090. The average molecular weight is 462 g/mol. The lowest BCUT2D eigenvalue weighted by atomic mass is 9.98. The molecular formula is C24H23ClF3N3O. The van der Waals surface area contributed by atoms with Crippen molar-refractivity contribution in [3.8, 4) is 5.69 Å². The second-order valence-corrected chi connectivity index (χ2v) is 7.84. The molecule has 4 nitrogen and oxygen atoms in total. The number of halogens is 4. The smallest absolute Gasteiger partial charge is 0.345 e. The number of carbonyl (C=O) groups excluding carboxylic acids is 1. The predicted octanol–water partition coefficient (Wildman–Crippen LogP) is 6.68. The predicted molar refractivity (Wildman–Crippen MR) is 119 cm³/mol. The number of hydrogen-bond donors (Lipinski definition) is 1. The summed E-state index contributed by atoms with van der Waals surface area (Å²) in [6.07, 6.45) is 0.579. The number of rotatable bonds is 8. The number of nitrogens with zero attached hydrogens (tertiary/aromatic N) is 2. The Morgan fingerprint density at radius 1 is 1.25 bits per heavy atom. The number of carbonyl (C=O) groups is 1. The van der Waals surface area contributed by atoms with E-state index in [1.54, 1.807) is 48.0 Å². The van der Waals surface area contributed by atoms with Gasteiger partial charge in [-0.2, -0.15) is 18.3 Å². The number of allylic oxidation sites excluding steroid dienone is 1. The van der Waals surface area contributed by atoms with Crippen molar-refractivity contribution in [3.05, 3.63) is 94.8 Å². The highest BCUT2D eigenvalue weighted by atomic mass is 35.5. The Morgan fingerprint density at radius 2 is 1.97 bits per heavy atom. The molecule has 2 aromatic carbocycles. The molecule has 1 N–H and O–H groups in total. The van der Waals surface area contributed by atoms with Gasteiger partial charge in [-0.05, 0) is 68.1 Å².